The minimum atomic E-state index is -0.155. The average Bonchev–Trinajstić information content (AvgIpc) is 3.60. The molecule has 27 heavy (non-hydrogen) atoms. The van der Waals surface area contributed by atoms with E-state index in [0.29, 0.717) is 48.8 Å². The van der Waals surface area contributed by atoms with Gasteiger partial charge in [-0.1, -0.05) is 0 Å². The first-order valence-corrected chi connectivity index (χ1v) is 9.82. The SMILES string of the molecule is CCOc1ccc(C(=O)NCc2nnc(C3CC3)n2C2CC2)cc1OCC. The number of nitrogens with zero attached hydrogens (tertiary/aromatic N) is 3. The number of nitrogens with one attached hydrogen (secondary N) is 1. The number of benzene rings is 1. The Morgan fingerprint density at radius 3 is 2.52 bits per heavy atom. The molecule has 2 aliphatic rings. The molecule has 1 amide bonds. The van der Waals surface area contributed by atoms with Crippen molar-refractivity contribution in [3.8, 4) is 11.5 Å². The number of ether oxygens (including phenoxy) is 2. The fourth-order valence-corrected chi connectivity index (χ4v) is 3.26. The van der Waals surface area contributed by atoms with E-state index >= 15 is 0 Å². The molecule has 1 aromatic heterocycles. The maximum Gasteiger partial charge on any atom is 0.251 e. The first-order valence-electron chi connectivity index (χ1n) is 9.82. The van der Waals surface area contributed by atoms with Gasteiger partial charge in [-0.15, -0.1) is 10.2 Å². The van der Waals surface area contributed by atoms with Crippen LogP contribution < -0.4 is 14.8 Å². The van der Waals surface area contributed by atoms with Crippen LogP contribution in [0.15, 0.2) is 18.2 Å². The number of rotatable bonds is 9. The Morgan fingerprint density at radius 1 is 1.11 bits per heavy atom. The molecular formula is C20H26N4O3. The van der Waals surface area contributed by atoms with E-state index in [1.165, 1.54) is 25.7 Å². The van der Waals surface area contributed by atoms with Crippen LogP contribution in [0.2, 0.25) is 0 Å². The quantitative estimate of drug-likeness (QED) is 0.733. The molecule has 2 fully saturated rings. The van der Waals surface area contributed by atoms with Gasteiger partial charge in [-0.3, -0.25) is 4.79 Å². The Morgan fingerprint density at radius 2 is 1.85 bits per heavy atom. The van der Waals surface area contributed by atoms with E-state index in [2.05, 4.69) is 20.1 Å². The van der Waals surface area contributed by atoms with Gasteiger partial charge in [-0.05, 0) is 57.7 Å². The normalized spacial score (nSPS) is 16.2. The van der Waals surface area contributed by atoms with Crippen molar-refractivity contribution in [2.24, 2.45) is 0 Å². The Labute approximate surface area is 159 Å². The van der Waals surface area contributed by atoms with Gasteiger partial charge in [0.05, 0.1) is 19.8 Å². The molecule has 0 atom stereocenters. The fourth-order valence-electron chi connectivity index (χ4n) is 3.26. The molecule has 7 nitrogen and oxygen atoms in total. The monoisotopic (exact) mass is 370 g/mol. The van der Waals surface area contributed by atoms with Gasteiger partial charge in [-0.2, -0.15) is 0 Å². The summed E-state index contributed by atoms with van der Waals surface area (Å²) in [5.74, 6) is 3.59. The van der Waals surface area contributed by atoms with Gasteiger partial charge >= 0.3 is 0 Å². The lowest BCUT2D eigenvalue weighted by Gasteiger charge is -2.13. The van der Waals surface area contributed by atoms with Crippen molar-refractivity contribution in [1.82, 2.24) is 20.1 Å². The van der Waals surface area contributed by atoms with Crippen LogP contribution in [0.3, 0.4) is 0 Å². The molecule has 0 bridgehead atoms. The van der Waals surface area contributed by atoms with Gasteiger partial charge in [0.2, 0.25) is 0 Å². The molecule has 2 saturated carbocycles. The largest absolute Gasteiger partial charge is 0.490 e. The fraction of sp³-hybridized carbons (Fsp3) is 0.550. The molecular weight excluding hydrogens is 344 g/mol. The molecule has 0 aliphatic heterocycles. The first kappa shape index (κ1) is 17.8. The smallest absolute Gasteiger partial charge is 0.251 e. The van der Waals surface area contributed by atoms with Crippen LogP contribution in [0.4, 0.5) is 0 Å². The third-order valence-corrected chi connectivity index (χ3v) is 4.86. The summed E-state index contributed by atoms with van der Waals surface area (Å²) in [5, 5.41) is 11.7. The summed E-state index contributed by atoms with van der Waals surface area (Å²) in [5.41, 5.74) is 0.543. The van der Waals surface area contributed by atoms with Crippen molar-refractivity contribution in [2.75, 3.05) is 13.2 Å². The van der Waals surface area contributed by atoms with Gasteiger partial charge in [0.15, 0.2) is 17.3 Å². The lowest BCUT2D eigenvalue weighted by Crippen LogP contribution is -2.25. The second kappa shape index (κ2) is 7.58. The van der Waals surface area contributed by atoms with E-state index < -0.39 is 0 Å². The van der Waals surface area contributed by atoms with E-state index in [4.69, 9.17) is 9.47 Å². The van der Waals surface area contributed by atoms with Crippen molar-refractivity contribution >= 4 is 5.91 Å². The number of carbonyl (C=O) groups is 1. The molecule has 0 saturated heterocycles. The predicted octanol–water partition coefficient (Wildman–Crippen LogP) is 3.22. The van der Waals surface area contributed by atoms with E-state index in [-0.39, 0.29) is 5.91 Å². The van der Waals surface area contributed by atoms with E-state index in [0.717, 1.165) is 11.6 Å². The minimum Gasteiger partial charge on any atom is -0.490 e. The zero-order valence-corrected chi connectivity index (χ0v) is 15.9. The highest BCUT2D eigenvalue weighted by atomic mass is 16.5. The van der Waals surface area contributed by atoms with Crippen LogP contribution in [0.1, 0.15) is 73.5 Å². The Bertz CT molecular complexity index is 825. The summed E-state index contributed by atoms with van der Waals surface area (Å²) in [7, 11) is 0. The number of hydrogen-bond acceptors (Lipinski definition) is 5. The zero-order chi connectivity index (χ0) is 18.8. The molecule has 1 heterocycles. The van der Waals surface area contributed by atoms with Gasteiger partial charge in [0.1, 0.15) is 5.82 Å². The van der Waals surface area contributed by atoms with Gasteiger partial charge in [-0.25, -0.2) is 0 Å². The third-order valence-electron chi connectivity index (χ3n) is 4.86. The summed E-state index contributed by atoms with van der Waals surface area (Å²) in [6.07, 6.45) is 4.75. The van der Waals surface area contributed by atoms with Crippen LogP contribution in [0.25, 0.3) is 0 Å². The number of amides is 1. The van der Waals surface area contributed by atoms with Crippen molar-refractivity contribution in [3.63, 3.8) is 0 Å². The molecule has 144 valence electrons. The van der Waals surface area contributed by atoms with Crippen LogP contribution in [0.5, 0.6) is 11.5 Å². The number of aromatic nitrogens is 3. The predicted molar refractivity (Wildman–Crippen MR) is 100 cm³/mol. The van der Waals surface area contributed by atoms with Gasteiger partial charge in [0.25, 0.3) is 5.91 Å². The molecule has 2 aliphatic carbocycles. The Hall–Kier alpha value is -2.57. The Balaban J connectivity index is 1.46. The molecule has 4 rings (SSSR count). The summed E-state index contributed by atoms with van der Waals surface area (Å²) >= 11 is 0. The lowest BCUT2D eigenvalue weighted by atomic mass is 10.2. The second-order valence-electron chi connectivity index (χ2n) is 7.06. The second-order valence-corrected chi connectivity index (χ2v) is 7.06. The van der Waals surface area contributed by atoms with E-state index in [1.807, 2.05) is 13.8 Å². The number of carbonyl (C=O) groups excluding carboxylic acids is 1. The van der Waals surface area contributed by atoms with Crippen LogP contribution in [-0.2, 0) is 6.54 Å². The van der Waals surface area contributed by atoms with Crippen molar-refractivity contribution in [3.05, 3.63) is 35.4 Å². The van der Waals surface area contributed by atoms with Crippen LogP contribution in [-0.4, -0.2) is 33.9 Å². The van der Waals surface area contributed by atoms with Crippen LogP contribution >= 0.6 is 0 Å². The lowest BCUT2D eigenvalue weighted by molar-refractivity contribution is 0.0949. The van der Waals surface area contributed by atoms with Crippen LogP contribution in [0, 0.1) is 0 Å². The van der Waals surface area contributed by atoms with Gasteiger partial charge in [0, 0.05) is 17.5 Å². The maximum atomic E-state index is 12.6. The van der Waals surface area contributed by atoms with Crippen molar-refractivity contribution < 1.29 is 14.3 Å². The molecule has 7 heteroatoms. The van der Waals surface area contributed by atoms with E-state index in [1.54, 1.807) is 18.2 Å². The molecule has 0 radical (unpaired) electrons. The van der Waals surface area contributed by atoms with Gasteiger partial charge < -0.3 is 19.4 Å². The van der Waals surface area contributed by atoms with Crippen molar-refractivity contribution in [1.29, 1.82) is 0 Å². The maximum absolute atomic E-state index is 12.6. The topological polar surface area (TPSA) is 78.3 Å². The minimum absolute atomic E-state index is 0.155. The molecule has 0 unspecified atom stereocenters. The van der Waals surface area contributed by atoms with Crippen molar-refractivity contribution in [2.45, 2.75) is 58.0 Å². The first-order chi connectivity index (χ1) is 13.2. The summed E-state index contributed by atoms with van der Waals surface area (Å²) < 4.78 is 13.4. The highest BCUT2D eigenvalue weighted by molar-refractivity contribution is 5.94. The summed E-state index contributed by atoms with van der Waals surface area (Å²) in [4.78, 5) is 12.6. The summed E-state index contributed by atoms with van der Waals surface area (Å²) in [6, 6.07) is 5.77. The zero-order valence-electron chi connectivity index (χ0n) is 15.9. The molecule has 1 aromatic carbocycles. The number of hydrogen-bond donors (Lipinski definition) is 1. The Kier molecular flexibility index (Phi) is 5.01. The average molecular weight is 370 g/mol. The molecule has 1 N–H and O–H groups in total. The summed E-state index contributed by atoms with van der Waals surface area (Å²) in [6.45, 7) is 5.27. The molecule has 2 aromatic rings. The highest BCUT2D eigenvalue weighted by Gasteiger charge is 2.36. The van der Waals surface area contributed by atoms with E-state index in [9.17, 15) is 4.79 Å². The highest BCUT2D eigenvalue weighted by Crippen LogP contribution is 2.44. The molecule has 0 spiro atoms. The standard InChI is InChI=1S/C20H26N4O3/c1-3-26-16-10-7-14(11-17(16)27-4-2)20(25)21-12-18-22-23-19(13-5-6-13)24(18)15-8-9-15/h7,10-11,13,15H,3-6,8-9,12H2,1-2H3,(H,21,25). The third kappa shape index (κ3) is 3.91.